The number of amides is 1. The third kappa shape index (κ3) is 3.21. The molecule has 0 aromatic rings. The SMILES string of the molecule is CCC(NC(=O)C1(C)CCCNC1)C(C)C. The van der Waals surface area contributed by atoms with Crippen molar-refractivity contribution >= 4 is 5.91 Å². The molecule has 94 valence electrons. The first-order chi connectivity index (χ1) is 7.49. The molecule has 0 spiro atoms. The molecule has 2 N–H and O–H groups in total. The van der Waals surface area contributed by atoms with Gasteiger partial charge in [-0.05, 0) is 38.6 Å². The molecule has 0 aliphatic carbocycles. The lowest BCUT2D eigenvalue weighted by molar-refractivity contribution is -0.132. The van der Waals surface area contributed by atoms with Crippen LogP contribution in [-0.4, -0.2) is 25.0 Å². The number of rotatable bonds is 4. The Morgan fingerprint density at radius 1 is 1.50 bits per heavy atom. The molecule has 1 saturated heterocycles. The highest BCUT2D eigenvalue weighted by molar-refractivity contribution is 5.82. The number of carbonyl (C=O) groups is 1. The van der Waals surface area contributed by atoms with Crippen LogP contribution in [0.3, 0.4) is 0 Å². The third-order valence-electron chi connectivity index (χ3n) is 3.71. The van der Waals surface area contributed by atoms with Gasteiger partial charge in [-0.1, -0.05) is 20.8 Å². The van der Waals surface area contributed by atoms with Gasteiger partial charge in [0.15, 0.2) is 0 Å². The monoisotopic (exact) mass is 226 g/mol. The minimum absolute atomic E-state index is 0.208. The maximum atomic E-state index is 12.2. The largest absolute Gasteiger partial charge is 0.353 e. The summed E-state index contributed by atoms with van der Waals surface area (Å²) in [7, 11) is 0. The van der Waals surface area contributed by atoms with Gasteiger partial charge in [0.2, 0.25) is 5.91 Å². The van der Waals surface area contributed by atoms with Gasteiger partial charge in [0.25, 0.3) is 0 Å². The number of carbonyl (C=O) groups excluding carboxylic acids is 1. The van der Waals surface area contributed by atoms with Gasteiger partial charge in [0.05, 0.1) is 5.41 Å². The van der Waals surface area contributed by atoms with Crippen LogP contribution in [0.5, 0.6) is 0 Å². The van der Waals surface area contributed by atoms with Gasteiger partial charge in [-0.25, -0.2) is 0 Å². The lowest BCUT2D eigenvalue weighted by Crippen LogP contribution is -2.52. The van der Waals surface area contributed by atoms with E-state index in [1.807, 2.05) is 0 Å². The van der Waals surface area contributed by atoms with E-state index >= 15 is 0 Å². The first-order valence-corrected chi connectivity index (χ1v) is 6.51. The highest BCUT2D eigenvalue weighted by Crippen LogP contribution is 2.26. The van der Waals surface area contributed by atoms with E-state index in [0.29, 0.717) is 12.0 Å². The zero-order valence-corrected chi connectivity index (χ0v) is 11.1. The second-order valence-electron chi connectivity index (χ2n) is 5.57. The van der Waals surface area contributed by atoms with Gasteiger partial charge >= 0.3 is 0 Å². The maximum absolute atomic E-state index is 12.2. The molecule has 0 radical (unpaired) electrons. The molecule has 0 aromatic heterocycles. The van der Waals surface area contributed by atoms with E-state index in [9.17, 15) is 4.79 Å². The second kappa shape index (κ2) is 5.67. The summed E-state index contributed by atoms with van der Waals surface area (Å²) in [5.41, 5.74) is -0.208. The van der Waals surface area contributed by atoms with Crippen LogP contribution in [0.1, 0.15) is 47.0 Å². The third-order valence-corrected chi connectivity index (χ3v) is 3.71. The number of piperidine rings is 1. The molecule has 1 rings (SSSR count). The van der Waals surface area contributed by atoms with Gasteiger partial charge < -0.3 is 10.6 Å². The highest BCUT2D eigenvalue weighted by atomic mass is 16.2. The topological polar surface area (TPSA) is 41.1 Å². The van der Waals surface area contributed by atoms with Crippen molar-refractivity contribution in [2.75, 3.05) is 13.1 Å². The van der Waals surface area contributed by atoms with Crippen LogP contribution >= 0.6 is 0 Å². The molecule has 1 aliphatic rings. The molecular formula is C13H26N2O. The van der Waals surface area contributed by atoms with Crippen LogP contribution in [0, 0.1) is 11.3 Å². The van der Waals surface area contributed by atoms with Crippen molar-refractivity contribution in [3.63, 3.8) is 0 Å². The van der Waals surface area contributed by atoms with Crippen LogP contribution in [-0.2, 0) is 4.79 Å². The zero-order valence-electron chi connectivity index (χ0n) is 11.1. The van der Waals surface area contributed by atoms with Crippen molar-refractivity contribution in [1.29, 1.82) is 0 Å². The van der Waals surface area contributed by atoms with E-state index < -0.39 is 0 Å². The molecule has 1 fully saturated rings. The Morgan fingerprint density at radius 2 is 2.19 bits per heavy atom. The summed E-state index contributed by atoms with van der Waals surface area (Å²) >= 11 is 0. The smallest absolute Gasteiger partial charge is 0.227 e. The lowest BCUT2D eigenvalue weighted by Gasteiger charge is -2.34. The maximum Gasteiger partial charge on any atom is 0.227 e. The number of hydrogen-bond acceptors (Lipinski definition) is 2. The summed E-state index contributed by atoms with van der Waals surface area (Å²) < 4.78 is 0. The molecule has 1 heterocycles. The molecule has 3 nitrogen and oxygen atoms in total. The van der Waals surface area contributed by atoms with Gasteiger partial charge in [0, 0.05) is 12.6 Å². The lowest BCUT2D eigenvalue weighted by atomic mass is 9.81. The Labute approximate surface area is 99.4 Å². The van der Waals surface area contributed by atoms with Crippen molar-refractivity contribution in [2.24, 2.45) is 11.3 Å². The van der Waals surface area contributed by atoms with Crippen LogP contribution < -0.4 is 10.6 Å². The minimum atomic E-state index is -0.208. The summed E-state index contributed by atoms with van der Waals surface area (Å²) in [5, 5.41) is 6.51. The summed E-state index contributed by atoms with van der Waals surface area (Å²) in [5.74, 6) is 0.731. The molecule has 0 aromatic carbocycles. The average molecular weight is 226 g/mol. The van der Waals surface area contributed by atoms with Crippen LogP contribution in [0.4, 0.5) is 0 Å². The van der Waals surface area contributed by atoms with E-state index in [2.05, 4.69) is 38.3 Å². The molecule has 16 heavy (non-hydrogen) atoms. The Hall–Kier alpha value is -0.570. The van der Waals surface area contributed by atoms with E-state index in [4.69, 9.17) is 0 Å². The Kier molecular flexibility index (Phi) is 4.78. The fourth-order valence-corrected chi connectivity index (χ4v) is 2.33. The molecule has 0 bridgehead atoms. The average Bonchev–Trinajstić information content (AvgIpc) is 2.26. The van der Waals surface area contributed by atoms with Gasteiger partial charge in [0.1, 0.15) is 0 Å². The van der Waals surface area contributed by atoms with Crippen molar-refractivity contribution in [2.45, 2.75) is 53.0 Å². The number of nitrogens with one attached hydrogen (secondary N) is 2. The van der Waals surface area contributed by atoms with Crippen LogP contribution in [0.2, 0.25) is 0 Å². The van der Waals surface area contributed by atoms with Crippen molar-refractivity contribution in [1.82, 2.24) is 10.6 Å². The van der Waals surface area contributed by atoms with E-state index in [0.717, 1.165) is 32.4 Å². The molecule has 1 amide bonds. The summed E-state index contributed by atoms with van der Waals surface area (Å²) in [4.78, 5) is 12.2. The van der Waals surface area contributed by atoms with E-state index in [1.165, 1.54) is 0 Å². The first-order valence-electron chi connectivity index (χ1n) is 6.51. The quantitative estimate of drug-likeness (QED) is 0.769. The fourth-order valence-electron chi connectivity index (χ4n) is 2.33. The van der Waals surface area contributed by atoms with E-state index in [1.54, 1.807) is 0 Å². The van der Waals surface area contributed by atoms with Crippen molar-refractivity contribution < 1.29 is 4.79 Å². The van der Waals surface area contributed by atoms with Gasteiger partial charge in [-0.2, -0.15) is 0 Å². The predicted molar refractivity (Wildman–Crippen MR) is 67.3 cm³/mol. The van der Waals surface area contributed by atoms with Crippen LogP contribution in [0.15, 0.2) is 0 Å². The van der Waals surface area contributed by atoms with Crippen molar-refractivity contribution in [3.05, 3.63) is 0 Å². The zero-order chi connectivity index (χ0) is 12.2. The highest BCUT2D eigenvalue weighted by Gasteiger charge is 2.35. The standard InChI is InChI=1S/C13H26N2O/c1-5-11(10(2)3)15-12(16)13(4)7-6-8-14-9-13/h10-11,14H,5-9H2,1-4H3,(H,15,16). The summed E-state index contributed by atoms with van der Waals surface area (Å²) in [6.07, 6.45) is 3.11. The normalized spacial score (nSPS) is 27.8. The second-order valence-corrected chi connectivity index (χ2v) is 5.57. The van der Waals surface area contributed by atoms with Gasteiger partial charge in [-0.15, -0.1) is 0 Å². The van der Waals surface area contributed by atoms with Gasteiger partial charge in [-0.3, -0.25) is 4.79 Å². The fraction of sp³-hybridized carbons (Fsp3) is 0.923. The Balaban J connectivity index is 2.55. The molecule has 2 atom stereocenters. The molecule has 3 heteroatoms. The minimum Gasteiger partial charge on any atom is -0.353 e. The molecule has 1 aliphatic heterocycles. The molecule has 2 unspecified atom stereocenters. The summed E-state index contributed by atoms with van der Waals surface area (Å²) in [6, 6.07) is 0.311. The molecular weight excluding hydrogens is 200 g/mol. The van der Waals surface area contributed by atoms with Crippen LogP contribution in [0.25, 0.3) is 0 Å². The number of hydrogen-bond donors (Lipinski definition) is 2. The summed E-state index contributed by atoms with van der Waals surface area (Å²) in [6.45, 7) is 10.4. The van der Waals surface area contributed by atoms with E-state index in [-0.39, 0.29) is 11.3 Å². The Morgan fingerprint density at radius 3 is 2.62 bits per heavy atom. The first kappa shape index (κ1) is 13.5. The van der Waals surface area contributed by atoms with Crippen molar-refractivity contribution in [3.8, 4) is 0 Å². The molecule has 0 saturated carbocycles. The predicted octanol–water partition coefficient (Wildman–Crippen LogP) is 1.93. The Bertz CT molecular complexity index is 232.